The number of nitrogens with zero attached hydrogens (tertiary/aromatic N) is 1. The molecule has 2 aromatic rings. The lowest BCUT2D eigenvalue weighted by atomic mass is 10.1. The fourth-order valence-corrected chi connectivity index (χ4v) is 1.51. The van der Waals surface area contributed by atoms with E-state index in [0.29, 0.717) is 5.69 Å². The molecule has 0 saturated carbocycles. The molecule has 1 aromatic carbocycles. The molecule has 0 atom stereocenters. The molecule has 0 saturated heterocycles. The predicted molar refractivity (Wildman–Crippen MR) is 67.7 cm³/mol. The van der Waals surface area contributed by atoms with Gasteiger partial charge in [0, 0.05) is 5.69 Å². The van der Waals surface area contributed by atoms with Crippen LogP contribution >= 0.6 is 0 Å². The van der Waals surface area contributed by atoms with Crippen LogP contribution in [0.1, 0.15) is 19.7 Å². The summed E-state index contributed by atoms with van der Waals surface area (Å²) < 4.78 is 0. The van der Waals surface area contributed by atoms with Crippen LogP contribution in [0.5, 0.6) is 0 Å². The largest absolute Gasteiger partial charge is 0.342 e. The Labute approximate surface area is 99.4 Å². The molecule has 1 heterocycles. The number of hydrogen-bond donors (Lipinski definition) is 3. The van der Waals surface area contributed by atoms with Crippen molar-refractivity contribution in [3.05, 3.63) is 24.0 Å². The number of aromatic nitrogens is 2. The molecule has 17 heavy (non-hydrogen) atoms. The lowest BCUT2D eigenvalue weighted by molar-refractivity contribution is -0.120. The van der Waals surface area contributed by atoms with Crippen molar-refractivity contribution in [3.8, 4) is 0 Å². The SMILES string of the molecule is Cc1nc2ccc(NC(=O)C(C)(C)N)cc2[nH]1. The van der Waals surface area contributed by atoms with Crippen molar-refractivity contribution in [3.63, 3.8) is 0 Å². The summed E-state index contributed by atoms with van der Waals surface area (Å²) in [5.74, 6) is 0.635. The van der Waals surface area contributed by atoms with Crippen molar-refractivity contribution in [2.75, 3.05) is 5.32 Å². The number of nitrogens with one attached hydrogen (secondary N) is 2. The number of aromatic amines is 1. The molecule has 0 bridgehead atoms. The van der Waals surface area contributed by atoms with E-state index in [4.69, 9.17) is 5.73 Å². The second-order valence-electron chi connectivity index (χ2n) is 4.73. The van der Waals surface area contributed by atoms with Crippen LogP contribution in [-0.4, -0.2) is 21.4 Å². The molecular formula is C12H16N4O. The van der Waals surface area contributed by atoms with E-state index in [1.54, 1.807) is 13.8 Å². The Hall–Kier alpha value is -1.88. The molecule has 5 nitrogen and oxygen atoms in total. The molecule has 0 aliphatic heterocycles. The molecule has 2 rings (SSSR count). The lowest BCUT2D eigenvalue weighted by Gasteiger charge is -2.17. The van der Waals surface area contributed by atoms with Crippen molar-refractivity contribution >= 4 is 22.6 Å². The Morgan fingerprint density at radius 1 is 1.47 bits per heavy atom. The molecule has 0 fully saturated rings. The van der Waals surface area contributed by atoms with E-state index in [1.165, 1.54) is 0 Å². The molecule has 1 amide bonds. The zero-order chi connectivity index (χ0) is 12.6. The first-order valence-electron chi connectivity index (χ1n) is 5.43. The van der Waals surface area contributed by atoms with Crippen molar-refractivity contribution in [1.29, 1.82) is 0 Å². The monoisotopic (exact) mass is 232 g/mol. The van der Waals surface area contributed by atoms with Crippen LogP contribution in [0.2, 0.25) is 0 Å². The number of nitrogens with two attached hydrogens (primary N) is 1. The Kier molecular flexibility index (Phi) is 2.63. The third-order valence-electron chi connectivity index (χ3n) is 2.44. The molecule has 0 unspecified atom stereocenters. The van der Waals surface area contributed by atoms with Gasteiger partial charge in [-0.25, -0.2) is 4.98 Å². The number of carbonyl (C=O) groups excluding carboxylic acids is 1. The summed E-state index contributed by atoms with van der Waals surface area (Å²) in [6, 6.07) is 5.52. The number of fused-ring (bicyclic) bond motifs is 1. The molecule has 0 aliphatic rings. The van der Waals surface area contributed by atoms with Crippen molar-refractivity contribution < 1.29 is 4.79 Å². The molecular weight excluding hydrogens is 216 g/mol. The van der Waals surface area contributed by atoms with Gasteiger partial charge in [0.1, 0.15) is 5.82 Å². The highest BCUT2D eigenvalue weighted by atomic mass is 16.2. The molecule has 0 radical (unpaired) electrons. The fourth-order valence-electron chi connectivity index (χ4n) is 1.51. The van der Waals surface area contributed by atoms with Crippen LogP contribution in [0.15, 0.2) is 18.2 Å². The minimum absolute atomic E-state index is 0.215. The fraction of sp³-hybridized carbons (Fsp3) is 0.333. The zero-order valence-corrected chi connectivity index (χ0v) is 10.2. The van der Waals surface area contributed by atoms with Crippen LogP contribution in [0.3, 0.4) is 0 Å². The number of imidazole rings is 1. The first kappa shape index (κ1) is 11.6. The predicted octanol–water partition coefficient (Wildman–Crippen LogP) is 1.55. The van der Waals surface area contributed by atoms with Crippen molar-refractivity contribution in [2.45, 2.75) is 26.3 Å². The third-order valence-corrected chi connectivity index (χ3v) is 2.44. The number of rotatable bonds is 2. The number of aryl methyl sites for hydroxylation is 1. The number of carbonyl (C=O) groups is 1. The molecule has 4 N–H and O–H groups in total. The maximum Gasteiger partial charge on any atom is 0.243 e. The molecule has 1 aromatic heterocycles. The molecule has 0 spiro atoms. The summed E-state index contributed by atoms with van der Waals surface area (Å²) in [7, 11) is 0. The van der Waals surface area contributed by atoms with E-state index in [1.807, 2.05) is 25.1 Å². The summed E-state index contributed by atoms with van der Waals surface area (Å²) >= 11 is 0. The van der Waals surface area contributed by atoms with Crippen LogP contribution < -0.4 is 11.1 Å². The van der Waals surface area contributed by atoms with E-state index >= 15 is 0 Å². The maximum absolute atomic E-state index is 11.7. The maximum atomic E-state index is 11.7. The van der Waals surface area contributed by atoms with Gasteiger partial charge >= 0.3 is 0 Å². The minimum atomic E-state index is -0.890. The Balaban J connectivity index is 2.28. The highest BCUT2D eigenvalue weighted by molar-refractivity contribution is 5.98. The number of benzene rings is 1. The quantitative estimate of drug-likeness (QED) is 0.734. The molecule has 5 heteroatoms. The highest BCUT2D eigenvalue weighted by Gasteiger charge is 2.21. The van der Waals surface area contributed by atoms with Gasteiger partial charge in [-0.05, 0) is 39.0 Å². The Morgan fingerprint density at radius 3 is 2.82 bits per heavy atom. The summed E-state index contributed by atoms with van der Waals surface area (Å²) in [4.78, 5) is 19.1. The number of anilines is 1. The second kappa shape index (κ2) is 3.85. The topological polar surface area (TPSA) is 83.8 Å². The standard InChI is InChI=1S/C12H16N4O/c1-7-14-9-5-4-8(6-10(9)15-7)16-11(17)12(2,3)13/h4-6H,13H2,1-3H3,(H,14,15)(H,16,17). The van der Waals surface area contributed by atoms with E-state index < -0.39 is 5.54 Å². The summed E-state index contributed by atoms with van der Waals surface area (Å²) in [6.07, 6.45) is 0. The first-order chi connectivity index (χ1) is 7.86. The minimum Gasteiger partial charge on any atom is -0.342 e. The average molecular weight is 232 g/mol. The average Bonchev–Trinajstić information content (AvgIpc) is 2.55. The smallest absolute Gasteiger partial charge is 0.243 e. The van der Waals surface area contributed by atoms with Gasteiger partial charge in [0.25, 0.3) is 0 Å². The summed E-state index contributed by atoms with van der Waals surface area (Å²) in [5, 5.41) is 2.77. The van der Waals surface area contributed by atoms with Gasteiger partial charge in [0.05, 0.1) is 16.6 Å². The third kappa shape index (κ3) is 2.45. The molecule has 90 valence electrons. The van der Waals surface area contributed by atoms with Crippen molar-refractivity contribution in [2.24, 2.45) is 5.73 Å². The first-order valence-corrected chi connectivity index (χ1v) is 5.43. The van der Waals surface area contributed by atoms with Crippen LogP contribution in [0.4, 0.5) is 5.69 Å². The normalized spacial score (nSPS) is 11.8. The summed E-state index contributed by atoms with van der Waals surface area (Å²) in [5.41, 5.74) is 7.31. The van der Waals surface area contributed by atoms with Crippen LogP contribution in [0, 0.1) is 6.92 Å². The summed E-state index contributed by atoms with van der Waals surface area (Å²) in [6.45, 7) is 5.23. The van der Waals surface area contributed by atoms with Crippen molar-refractivity contribution in [1.82, 2.24) is 9.97 Å². The van der Waals surface area contributed by atoms with E-state index in [-0.39, 0.29) is 5.91 Å². The van der Waals surface area contributed by atoms with Gasteiger partial charge < -0.3 is 16.0 Å². The zero-order valence-electron chi connectivity index (χ0n) is 10.2. The van der Waals surface area contributed by atoms with E-state index in [0.717, 1.165) is 16.9 Å². The number of amides is 1. The van der Waals surface area contributed by atoms with Crippen LogP contribution in [-0.2, 0) is 4.79 Å². The van der Waals surface area contributed by atoms with Gasteiger partial charge in [-0.2, -0.15) is 0 Å². The van der Waals surface area contributed by atoms with E-state index in [2.05, 4.69) is 15.3 Å². The second-order valence-corrected chi connectivity index (χ2v) is 4.73. The van der Waals surface area contributed by atoms with Gasteiger partial charge in [-0.1, -0.05) is 0 Å². The Morgan fingerprint density at radius 2 is 2.18 bits per heavy atom. The molecule has 0 aliphatic carbocycles. The number of hydrogen-bond acceptors (Lipinski definition) is 3. The van der Waals surface area contributed by atoms with E-state index in [9.17, 15) is 4.79 Å². The number of H-pyrrole nitrogens is 1. The van der Waals surface area contributed by atoms with Gasteiger partial charge in [-0.3, -0.25) is 4.79 Å². The van der Waals surface area contributed by atoms with Gasteiger partial charge in [0.15, 0.2) is 0 Å². The van der Waals surface area contributed by atoms with Gasteiger partial charge in [0.2, 0.25) is 5.91 Å². The lowest BCUT2D eigenvalue weighted by Crippen LogP contribution is -2.45. The highest BCUT2D eigenvalue weighted by Crippen LogP contribution is 2.17. The van der Waals surface area contributed by atoms with Crippen LogP contribution in [0.25, 0.3) is 11.0 Å². The Bertz CT molecular complexity index is 565. The van der Waals surface area contributed by atoms with Gasteiger partial charge in [-0.15, -0.1) is 0 Å².